The van der Waals surface area contributed by atoms with Crippen LogP contribution < -0.4 is 10.1 Å². The normalized spacial score (nSPS) is 12.8. The van der Waals surface area contributed by atoms with Crippen LogP contribution in [-0.2, 0) is 16.0 Å². The molecule has 0 saturated carbocycles. The first-order valence-electron chi connectivity index (χ1n) is 7.75. The van der Waals surface area contributed by atoms with E-state index >= 15 is 0 Å². The molecule has 0 fully saturated rings. The Morgan fingerprint density at radius 1 is 1.27 bits per heavy atom. The van der Waals surface area contributed by atoms with Crippen LogP contribution in [0.5, 0.6) is 5.75 Å². The molecule has 0 aliphatic heterocycles. The Bertz CT molecular complexity index is 451. The predicted molar refractivity (Wildman–Crippen MR) is 85.5 cm³/mol. The number of nitrogens with one attached hydrogen (secondary N) is 1. The van der Waals surface area contributed by atoms with Gasteiger partial charge < -0.3 is 14.6 Å². The summed E-state index contributed by atoms with van der Waals surface area (Å²) >= 11 is 0. The molecule has 5 heteroatoms. The van der Waals surface area contributed by atoms with Crippen LogP contribution in [0.2, 0.25) is 0 Å². The summed E-state index contributed by atoms with van der Waals surface area (Å²) < 4.78 is 10.8. The number of benzene rings is 1. The fraction of sp³-hybridized carbons (Fsp3) is 0.588. The van der Waals surface area contributed by atoms with Crippen LogP contribution in [0.4, 0.5) is 0 Å². The summed E-state index contributed by atoms with van der Waals surface area (Å²) in [5, 5.41) is 12.8. The third-order valence-electron chi connectivity index (χ3n) is 2.90. The minimum absolute atomic E-state index is 0.217. The average molecular weight is 309 g/mol. The first-order valence-corrected chi connectivity index (χ1v) is 7.75. The highest BCUT2D eigenvalue weighted by molar-refractivity contribution is 5.72. The largest absolute Gasteiger partial charge is 0.475 e. The van der Waals surface area contributed by atoms with E-state index in [9.17, 15) is 9.90 Å². The van der Waals surface area contributed by atoms with Crippen LogP contribution >= 0.6 is 0 Å². The molecular weight excluding hydrogens is 282 g/mol. The Hall–Kier alpha value is -1.59. The van der Waals surface area contributed by atoms with Crippen molar-refractivity contribution in [1.82, 2.24) is 5.32 Å². The fourth-order valence-corrected chi connectivity index (χ4v) is 1.89. The molecule has 5 nitrogen and oxygen atoms in total. The molecule has 22 heavy (non-hydrogen) atoms. The number of carbonyl (C=O) groups excluding carboxylic acids is 1. The van der Waals surface area contributed by atoms with Gasteiger partial charge in [0.1, 0.15) is 11.5 Å². The molecular formula is C17H27NO4. The molecule has 1 aromatic carbocycles. The van der Waals surface area contributed by atoms with Crippen molar-refractivity contribution < 1.29 is 19.4 Å². The number of ether oxygens (including phenoxy) is 2. The highest BCUT2D eigenvalue weighted by Crippen LogP contribution is 2.16. The second-order valence-corrected chi connectivity index (χ2v) is 5.76. The zero-order chi connectivity index (χ0) is 16.6. The molecule has 0 bridgehead atoms. The fourth-order valence-electron chi connectivity index (χ4n) is 1.89. The zero-order valence-electron chi connectivity index (χ0n) is 13.9. The van der Waals surface area contributed by atoms with Gasteiger partial charge in [-0.3, -0.25) is 10.1 Å². The molecule has 1 aromatic rings. The van der Waals surface area contributed by atoms with Crippen molar-refractivity contribution in [3.05, 3.63) is 29.8 Å². The van der Waals surface area contributed by atoms with Crippen LogP contribution in [0, 0.1) is 0 Å². The summed E-state index contributed by atoms with van der Waals surface area (Å²) in [7, 11) is 0. The third-order valence-corrected chi connectivity index (χ3v) is 2.90. The summed E-state index contributed by atoms with van der Waals surface area (Å²) in [5.41, 5.74) is -0.110. The average Bonchev–Trinajstić information content (AvgIpc) is 2.45. The van der Waals surface area contributed by atoms with Crippen molar-refractivity contribution in [3.63, 3.8) is 0 Å². The van der Waals surface area contributed by atoms with Crippen molar-refractivity contribution in [2.75, 3.05) is 6.61 Å². The minimum atomic E-state index is -0.996. The smallest absolute Gasteiger partial charge is 0.310 e. The lowest BCUT2D eigenvalue weighted by atomic mass is 10.1. The van der Waals surface area contributed by atoms with Crippen molar-refractivity contribution in [1.29, 1.82) is 0 Å². The van der Waals surface area contributed by atoms with Gasteiger partial charge in [-0.25, -0.2) is 0 Å². The molecule has 1 unspecified atom stereocenters. The number of esters is 1. The van der Waals surface area contributed by atoms with E-state index in [4.69, 9.17) is 9.47 Å². The predicted octanol–water partition coefficient (Wildman–Crippen LogP) is 2.62. The van der Waals surface area contributed by atoms with Gasteiger partial charge in [0.05, 0.1) is 13.0 Å². The highest BCUT2D eigenvalue weighted by atomic mass is 16.5. The molecule has 0 heterocycles. The van der Waals surface area contributed by atoms with Gasteiger partial charge in [0.2, 0.25) is 0 Å². The van der Waals surface area contributed by atoms with E-state index in [1.165, 1.54) is 0 Å². The SMILES string of the molecule is CCCOC(=O)Cc1ccc(OC(CC)NC(C)(C)O)cc1. The molecule has 0 amide bonds. The lowest BCUT2D eigenvalue weighted by Crippen LogP contribution is -2.48. The van der Waals surface area contributed by atoms with E-state index < -0.39 is 5.72 Å². The number of aliphatic hydroxyl groups is 1. The van der Waals surface area contributed by atoms with E-state index in [1.54, 1.807) is 13.8 Å². The standard InChI is InChI=1S/C17H27NO4/c1-5-11-21-16(19)12-13-7-9-14(10-8-13)22-15(6-2)18-17(3,4)20/h7-10,15,18,20H,5-6,11-12H2,1-4H3. The third kappa shape index (κ3) is 7.43. The highest BCUT2D eigenvalue weighted by Gasteiger charge is 2.18. The van der Waals surface area contributed by atoms with Gasteiger partial charge in [0.15, 0.2) is 6.23 Å². The van der Waals surface area contributed by atoms with Crippen molar-refractivity contribution >= 4 is 5.97 Å². The summed E-state index contributed by atoms with van der Waals surface area (Å²) in [6, 6.07) is 7.33. The molecule has 1 atom stereocenters. The van der Waals surface area contributed by atoms with Gasteiger partial charge in [-0.05, 0) is 44.4 Å². The zero-order valence-corrected chi connectivity index (χ0v) is 13.9. The molecule has 2 N–H and O–H groups in total. The molecule has 0 aromatic heterocycles. The van der Waals surface area contributed by atoms with E-state index in [2.05, 4.69) is 5.32 Å². The molecule has 1 rings (SSSR count). The van der Waals surface area contributed by atoms with E-state index in [0.717, 1.165) is 18.4 Å². The Kier molecular flexibility index (Phi) is 7.35. The maximum Gasteiger partial charge on any atom is 0.310 e. The number of carbonyl (C=O) groups is 1. The summed E-state index contributed by atoms with van der Waals surface area (Å²) in [6.07, 6.45) is 1.53. The lowest BCUT2D eigenvalue weighted by molar-refractivity contribution is -0.142. The van der Waals surface area contributed by atoms with Gasteiger partial charge in [0, 0.05) is 0 Å². The van der Waals surface area contributed by atoms with E-state index in [1.807, 2.05) is 38.1 Å². The van der Waals surface area contributed by atoms with Crippen LogP contribution in [0.25, 0.3) is 0 Å². The van der Waals surface area contributed by atoms with Crippen LogP contribution in [0.1, 0.15) is 46.1 Å². The van der Waals surface area contributed by atoms with Crippen molar-refractivity contribution in [2.24, 2.45) is 0 Å². The first-order chi connectivity index (χ1) is 10.3. The maximum atomic E-state index is 11.5. The summed E-state index contributed by atoms with van der Waals surface area (Å²) in [6.45, 7) is 7.74. The Labute approximate surface area is 132 Å². The van der Waals surface area contributed by atoms with Crippen LogP contribution in [-0.4, -0.2) is 29.6 Å². The van der Waals surface area contributed by atoms with Gasteiger partial charge in [-0.1, -0.05) is 26.0 Å². The van der Waals surface area contributed by atoms with Crippen LogP contribution in [0.15, 0.2) is 24.3 Å². The van der Waals surface area contributed by atoms with Crippen molar-refractivity contribution in [2.45, 2.75) is 58.9 Å². The van der Waals surface area contributed by atoms with Gasteiger partial charge in [-0.15, -0.1) is 0 Å². The number of hydrogen-bond acceptors (Lipinski definition) is 5. The Morgan fingerprint density at radius 2 is 1.91 bits per heavy atom. The molecule has 0 radical (unpaired) electrons. The molecule has 124 valence electrons. The van der Waals surface area contributed by atoms with E-state index in [-0.39, 0.29) is 18.6 Å². The maximum absolute atomic E-state index is 11.5. The second-order valence-electron chi connectivity index (χ2n) is 5.76. The summed E-state index contributed by atoms with van der Waals surface area (Å²) in [5.74, 6) is 0.472. The minimum Gasteiger partial charge on any atom is -0.475 e. The second kappa shape index (κ2) is 8.76. The molecule has 0 aliphatic rings. The topological polar surface area (TPSA) is 67.8 Å². The Balaban J connectivity index is 2.55. The van der Waals surface area contributed by atoms with Gasteiger partial charge in [-0.2, -0.15) is 0 Å². The lowest BCUT2D eigenvalue weighted by Gasteiger charge is -2.27. The van der Waals surface area contributed by atoms with Crippen molar-refractivity contribution in [3.8, 4) is 5.75 Å². The Morgan fingerprint density at radius 3 is 2.41 bits per heavy atom. The number of rotatable bonds is 9. The van der Waals surface area contributed by atoms with Gasteiger partial charge >= 0.3 is 5.97 Å². The van der Waals surface area contributed by atoms with Gasteiger partial charge in [0.25, 0.3) is 0 Å². The monoisotopic (exact) mass is 309 g/mol. The first kappa shape index (κ1) is 18.5. The quantitative estimate of drug-likeness (QED) is 0.542. The summed E-state index contributed by atoms with van der Waals surface area (Å²) in [4.78, 5) is 11.5. The molecule has 0 saturated heterocycles. The number of hydrogen-bond donors (Lipinski definition) is 2. The molecule has 0 spiro atoms. The molecule has 0 aliphatic carbocycles. The van der Waals surface area contributed by atoms with Crippen LogP contribution in [0.3, 0.4) is 0 Å². The van der Waals surface area contributed by atoms with E-state index in [0.29, 0.717) is 12.4 Å².